The maximum atomic E-state index is 10.6. The van der Waals surface area contributed by atoms with Crippen LogP contribution in [-0.4, -0.2) is 16.1 Å². The lowest BCUT2D eigenvalue weighted by Crippen LogP contribution is -2.19. The number of rotatable bonds is 3. The number of hydrogen-bond donors (Lipinski definition) is 2. The maximum Gasteiger partial charge on any atom is 0.243 e. The third-order valence-corrected chi connectivity index (χ3v) is 1.21. The average molecular weight is 151 g/mol. The van der Waals surface area contributed by atoms with Crippen molar-refractivity contribution in [3.8, 4) is 0 Å². The average Bonchev–Trinajstić information content (AvgIpc) is 2.52. The van der Waals surface area contributed by atoms with Gasteiger partial charge in [0.25, 0.3) is 0 Å². The molecule has 0 aliphatic rings. The molecule has 0 saturated carbocycles. The van der Waals surface area contributed by atoms with E-state index in [1.165, 1.54) is 6.08 Å². The Morgan fingerprint density at radius 2 is 2.73 bits per heavy atom. The second kappa shape index (κ2) is 3.55. The Hall–Kier alpha value is -1.58. The highest BCUT2D eigenvalue weighted by Gasteiger charge is 1.94. The Bertz CT molecular complexity index is 240. The van der Waals surface area contributed by atoms with Gasteiger partial charge in [0.15, 0.2) is 0 Å². The van der Waals surface area contributed by atoms with E-state index in [4.69, 9.17) is 0 Å². The van der Waals surface area contributed by atoms with Crippen LogP contribution in [0.25, 0.3) is 0 Å². The fourth-order valence-corrected chi connectivity index (χ4v) is 0.636. The highest BCUT2D eigenvalue weighted by molar-refractivity contribution is 5.86. The molecule has 4 nitrogen and oxygen atoms in total. The molecule has 11 heavy (non-hydrogen) atoms. The first-order valence-corrected chi connectivity index (χ1v) is 3.21. The molecule has 1 rings (SSSR count). The number of hydrogen-bond acceptors (Lipinski definition) is 2. The zero-order valence-electron chi connectivity index (χ0n) is 6.00. The van der Waals surface area contributed by atoms with Crippen LogP contribution >= 0.6 is 0 Å². The van der Waals surface area contributed by atoms with Crippen molar-refractivity contribution >= 4 is 5.91 Å². The minimum absolute atomic E-state index is 0.175. The van der Waals surface area contributed by atoms with Gasteiger partial charge in [-0.25, -0.2) is 0 Å². The Morgan fingerprint density at radius 3 is 3.27 bits per heavy atom. The maximum absolute atomic E-state index is 10.6. The smallest absolute Gasteiger partial charge is 0.243 e. The zero-order chi connectivity index (χ0) is 8.10. The van der Waals surface area contributed by atoms with Crippen LogP contribution in [0.1, 0.15) is 5.56 Å². The van der Waals surface area contributed by atoms with Crippen LogP contribution in [0.4, 0.5) is 0 Å². The monoisotopic (exact) mass is 151 g/mol. The van der Waals surface area contributed by atoms with Crippen LogP contribution in [-0.2, 0) is 11.3 Å². The van der Waals surface area contributed by atoms with Gasteiger partial charge in [-0.3, -0.25) is 9.89 Å². The quantitative estimate of drug-likeness (QED) is 0.607. The number of nitrogens with one attached hydrogen (secondary N) is 2. The summed E-state index contributed by atoms with van der Waals surface area (Å²) in [5.74, 6) is -0.175. The molecule has 1 heterocycles. The third-order valence-electron chi connectivity index (χ3n) is 1.21. The minimum Gasteiger partial charge on any atom is -0.348 e. The van der Waals surface area contributed by atoms with Crippen molar-refractivity contribution in [3.63, 3.8) is 0 Å². The normalized spacial score (nSPS) is 9.09. The van der Waals surface area contributed by atoms with Crippen molar-refractivity contribution in [2.24, 2.45) is 0 Å². The van der Waals surface area contributed by atoms with E-state index in [1.807, 2.05) is 0 Å². The summed E-state index contributed by atoms with van der Waals surface area (Å²) in [6.07, 6.45) is 4.62. The van der Waals surface area contributed by atoms with Crippen LogP contribution in [0.5, 0.6) is 0 Å². The van der Waals surface area contributed by atoms with E-state index in [9.17, 15) is 4.79 Å². The van der Waals surface area contributed by atoms with Crippen molar-refractivity contribution in [1.29, 1.82) is 0 Å². The summed E-state index contributed by atoms with van der Waals surface area (Å²) >= 11 is 0. The molecular formula is C7H9N3O. The lowest BCUT2D eigenvalue weighted by Gasteiger charge is -1.96. The van der Waals surface area contributed by atoms with E-state index in [0.29, 0.717) is 6.54 Å². The molecule has 1 aromatic rings. The molecular weight excluding hydrogens is 142 g/mol. The third kappa shape index (κ3) is 2.25. The largest absolute Gasteiger partial charge is 0.348 e. The molecule has 0 atom stereocenters. The Kier molecular flexibility index (Phi) is 2.43. The van der Waals surface area contributed by atoms with Crippen molar-refractivity contribution in [1.82, 2.24) is 15.5 Å². The van der Waals surface area contributed by atoms with Gasteiger partial charge in [0, 0.05) is 18.3 Å². The Labute approximate surface area is 64.3 Å². The fourth-order valence-electron chi connectivity index (χ4n) is 0.636. The van der Waals surface area contributed by atoms with Crippen molar-refractivity contribution < 1.29 is 4.79 Å². The predicted molar refractivity (Wildman–Crippen MR) is 40.6 cm³/mol. The minimum atomic E-state index is -0.175. The number of H-pyrrole nitrogens is 1. The topological polar surface area (TPSA) is 57.8 Å². The van der Waals surface area contributed by atoms with Crippen molar-refractivity contribution in [2.45, 2.75) is 6.54 Å². The van der Waals surface area contributed by atoms with E-state index in [1.54, 1.807) is 12.4 Å². The number of aromatic nitrogens is 2. The highest BCUT2D eigenvalue weighted by atomic mass is 16.1. The van der Waals surface area contributed by atoms with E-state index < -0.39 is 0 Å². The molecule has 2 N–H and O–H groups in total. The first kappa shape index (κ1) is 7.53. The number of amides is 1. The summed E-state index contributed by atoms with van der Waals surface area (Å²) in [7, 11) is 0. The van der Waals surface area contributed by atoms with Crippen molar-refractivity contribution in [2.75, 3.05) is 0 Å². The standard InChI is InChI=1S/C7H9N3O/c1-2-7(11)8-3-6-4-9-10-5-6/h2,4-5H,1,3H2,(H,8,11)(H,9,10). The van der Waals surface area contributed by atoms with Gasteiger partial charge in [-0.1, -0.05) is 6.58 Å². The summed E-state index contributed by atoms with van der Waals surface area (Å²) in [5.41, 5.74) is 0.945. The van der Waals surface area contributed by atoms with E-state index in [-0.39, 0.29) is 5.91 Å². The Morgan fingerprint density at radius 1 is 1.91 bits per heavy atom. The van der Waals surface area contributed by atoms with E-state index in [2.05, 4.69) is 22.1 Å². The lowest BCUT2D eigenvalue weighted by molar-refractivity contribution is -0.116. The molecule has 0 spiro atoms. The molecule has 0 aromatic carbocycles. The SMILES string of the molecule is C=CC(=O)NCc1cn[nH]c1. The van der Waals surface area contributed by atoms with Gasteiger partial charge in [-0.15, -0.1) is 0 Å². The fraction of sp³-hybridized carbons (Fsp3) is 0.143. The zero-order valence-corrected chi connectivity index (χ0v) is 6.00. The molecule has 0 aliphatic heterocycles. The molecule has 0 radical (unpaired) electrons. The summed E-state index contributed by atoms with van der Waals surface area (Å²) in [6, 6.07) is 0. The molecule has 1 amide bonds. The van der Waals surface area contributed by atoms with Gasteiger partial charge in [0.1, 0.15) is 0 Å². The summed E-state index contributed by atoms with van der Waals surface area (Å²) < 4.78 is 0. The van der Waals surface area contributed by atoms with Gasteiger partial charge in [-0.05, 0) is 6.08 Å². The molecule has 0 unspecified atom stereocenters. The first-order chi connectivity index (χ1) is 5.33. The first-order valence-electron chi connectivity index (χ1n) is 3.21. The van der Waals surface area contributed by atoms with Crippen LogP contribution < -0.4 is 5.32 Å². The second-order valence-corrected chi connectivity index (χ2v) is 2.03. The summed E-state index contributed by atoms with van der Waals surface area (Å²) in [5, 5.41) is 8.99. The van der Waals surface area contributed by atoms with E-state index >= 15 is 0 Å². The number of carbonyl (C=O) groups excluding carboxylic acids is 1. The molecule has 0 saturated heterocycles. The van der Waals surface area contributed by atoms with Crippen LogP contribution in [0.15, 0.2) is 25.0 Å². The Balaban J connectivity index is 2.34. The van der Waals surface area contributed by atoms with Crippen LogP contribution in [0.3, 0.4) is 0 Å². The van der Waals surface area contributed by atoms with Gasteiger partial charge in [-0.2, -0.15) is 5.10 Å². The molecule has 0 aliphatic carbocycles. The number of aromatic amines is 1. The molecule has 0 fully saturated rings. The highest BCUT2D eigenvalue weighted by Crippen LogP contribution is 1.91. The van der Waals surface area contributed by atoms with Gasteiger partial charge >= 0.3 is 0 Å². The van der Waals surface area contributed by atoms with Gasteiger partial charge in [0.2, 0.25) is 5.91 Å². The predicted octanol–water partition coefficient (Wildman–Crippen LogP) is 0.212. The second-order valence-electron chi connectivity index (χ2n) is 2.03. The lowest BCUT2D eigenvalue weighted by atomic mass is 10.3. The van der Waals surface area contributed by atoms with Crippen LogP contribution in [0, 0.1) is 0 Å². The van der Waals surface area contributed by atoms with E-state index in [0.717, 1.165) is 5.56 Å². The number of carbonyl (C=O) groups is 1. The van der Waals surface area contributed by atoms with Crippen LogP contribution in [0.2, 0.25) is 0 Å². The molecule has 1 aromatic heterocycles. The summed E-state index contributed by atoms with van der Waals surface area (Å²) in [4.78, 5) is 10.6. The molecule has 0 bridgehead atoms. The summed E-state index contributed by atoms with van der Waals surface area (Å²) in [6.45, 7) is 3.81. The van der Waals surface area contributed by atoms with Gasteiger partial charge < -0.3 is 5.32 Å². The number of nitrogens with zero attached hydrogens (tertiary/aromatic N) is 1. The molecule has 4 heteroatoms. The molecule has 58 valence electrons. The van der Waals surface area contributed by atoms with Crippen molar-refractivity contribution in [3.05, 3.63) is 30.6 Å². The van der Waals surface area contributed by atoms with Gasteiger partial charge in [0.05, 0.1) is 6.20 Å².